The maximum absolute atomic E-state index is 12.2. The van der Waals surface area contributed by atoms with Crippen LogP contribution in [0.5, 0.6) is 0 Å². The summed E-state index contributed by atoms with van der Waals surface area (Å²) in [6, 6.07) is 74.5. The van der Waals surface area contributed by atoms with Crippen LogP contribution in [0.1, 0.15) is 5.56 Å². The van der Waals surface area contributed by atoms with Crippen molar-refractivity contribution in [3.05, 3.63) is 223 Å². The molecule has 15 rings (SSSR count). The van der Waals surface area contributed by atoms with Gasteiger partial charge in [-0.1, -0.05) is 146 Å². The molecule has 69 heavy (non-hydrogen) atoms. The molecule has 7 heteroatoms. The lowest BCUT2D eigenvalue weighted by Crippen LogP contribution is -2.15. The Morgan fingerprint density at radius 2 is 0.696 bits per heavy atom. The maximum Gasteiger partial charge on any atom is 0.232 e. The standard InChI is InChI=1S/C62H34N6O/c1-64-57-46(36-63)58(68-53-32-16-8-25-45(53)56-54(68)35-34-44-43-24-9-17-33-55(43)69-62(44)56)60(66-49-28-12-4-20-39(49)40-21-5-13-29-50(40)66)61(67-51-30-14-6-22-41(51)42-23-7-15-31-52(42)67)59(57)65-47-26-10-2-18-37(47)38-19-3-11-27-48(38)65/h2-35H. The molecule has 0 aliphatic heterocycles. The van der Waals surface area contributed by atoms with Crippen LogP contribution in [0.25, 0.3) is 137 Å². The summed E-state index contributed by atoms with van der Waals surface area (Å²) in [6.07, 6.45) is 0. The Bertz CT molecular complexity index is 4660. The van der Waals surface area contributed by atoms with E-state index in [-0.39, 0.29) is 11.3 Å². The van der Waals surface area contributed by atoms with Gasteiger partial charge in [-0.25, -0.2) is 4.85 Å². The SMILES string of the molecule is [C-]#[N+]c1c(C#N)c(-n2c3ccccc3c3c4oc5ccccc5c4ccc32)c(-n2c3ccccc3c3ccccc32)c(-n2c3ccccc3c3ccccc32)c1-n1c2ccccc2c2ccccc21. The Morgan fingerprint density at radius 1 is 0.348 bits per heavy atom. The Morgan fingerprint density at radius 3 is 1.13 bits per heavy atom. The minimum atomic E-state index is 0.246. The smallest absolute Gasteiger partial charge is 0.232 e. The minimum absolute atomic E-state index is 0.246. The van der Waals surface area contributed by atoms with Crippen LogP contribution in [0.2, 0.25) is 0 Å². The van der Waals surface area contributed by atoms with E-state index in [0.29, 0.717) is 11.4 Å². The Labute approximate surface area is 393 Å². The molecule has 0 aliphatic rings. The maximum atomic E-state index is 12.2. The van der Waals surface area contributed by atoms with Crippen molar-refractivity contribution in [3.8, 4) is 28.8 Å². The zero-order valence-corrected chi connectivity index (χ0v) is 36.7. The van der Waals surface area contributed by atoms with Crippen molar-refractivity contribution in [1.82, 2.24) is 18.3 Å². The highest BCUT2D eigenvalue weighted by molar-refractivity contribution is 6.25. The van der Waals surface area contributed by atoms with Crippen LogP contribution in [0.3, 0.4) is 0 Å². The fraction of sp³-hybridized carbons (Fsp3) is 0. The van der Waals surface area contributed by atoms with Gasteiger partial charge in [-0.05, 0) is 60.7 Å². The van der Waals surface area contributed by atoms with E-state index in [1.54, 1.807) is 0 Å². The molecule has 0 saturated carbocycles. The third-order valence-electron chi connectivity index (χ3n) is 14.4. The first kappa shape index (κ1) is 37.4. The summed E-state index contributed by atoms with van der Waals surface area (Å²) in [6.45, 7) is 9.44. The van der Waals surface area contributed by atoms with Gasteiger partial charge in [0.25, 0.3) is 0 Å². The summed E-state index contributed by atoms with van der Waals surface area (Å²) >= 11 is 0. The van der Waals surface area contributed by atoms with E-state index in [9.17, 15) is 11.8 Å². The molecular formula is C62H34N6O. The van der Waals surface area contributed by atoms with Gasteiger partial charge in [0, 0.05) is 48.5 Å². The van der Waals surface area contributed by atoms with Crippen LogP contribution in [0, 0.1) is 17.9 Å². The Kier molecular flexibility index (Phi) is 7.51. The van der Waals surface area contributed by atoms with Crippen molar-refractivity contribution in [2.45, 2.75) is 0 Å². The van der Waals surface area contributed by atoms with E-state index < -0.39 is 0 Å². The van der Waals surface area contributed by atoms with Crippen molar-refractivity contribution >= 4 is 115 Å². The average molecular weight is 879 g/mol. The fourth-order valence-corrected chi connectivity index (χ4v) is 11.7. The van der Waals surface area contributed by atoms with Crippen LogP contribution >= 0.6 is 0 Å². The highest BCUT2D eigenvalue weighted by Gasteiger charge is 2.35. The number of fused-ring (bicyclic) bond motifs is 16. The lowest BCUT2D eigenvalue weighted by molar-refractivity contribution is 0.673. The molecule has 0 fully saturated rings. The van der Waals surface area contributed by atoms with Crippen LogP contribution in [0.4, 0.5) is 5.69 Å². The molecule has 0 aliphatic carbocycles. The second kappa shape index (κ2) is 13.9. The van der Waals surface area contributed by atoms with E-state index >= 15 is 0 Å². The van der Waals surface area contributed by atoms with Gasteiger partial charge in [-0.3, -0.25) is 0 Å². The van der Waals surface area contributed by atoms with Gasteiger partial charge in [0.1, 0.15) is 11.2 Å². The Balaban J connectivity index is 1.29. The van der Waals surface area contributed by atoms with Gasteiger partial charge < -0.3 is 22.7 Å². The monoisotopic (exact) mass is 878 g/mol. The first-order chi connectivity index (χ1) is 34.2. The summed E-state index contributed by atoms with van der Waals surface area (Å²) in [4.78, 5) is 4.55. The second-order valence-electron chi connectivity index (χ2n) is 17.7. The van der Waals surface area contributed by atoms with E-state index in [4.69, 9.17) is 4.42 Å². The van der Waals surface area contributed by atoms with Gasteiger partial charge in [-0.2, -0.15) is 5.26 Å². The van der Waals surface area contributed by atoms with Crippen molar-refractivity contribution < 1.29 is 4.42 Å². The molecular weight excluding hydrogens is 845 g/mol. The van der Waals surface area contributed by atoms with Crippen LogP contribution in [-0.4, -0.2) is 18.3 Å². The number of para-hydroxylation sites is 8. The average Bonchev–Trinajstić information content (AvgIpc) is 4.21. The first-order valence-corrected chi connectivity index (χ1v) is 23.0. The molecule has 0 saturated heterocycles. The van der Waals surface area contributed by atoms with Gasteiger partial charge in [0.2, 0.25) is 5.69 Å². The lowest BCUT2D eigenvalue weighted by Gasteiger charge is -2.28. The van der Waals surface area contributed by atoms with Crippen LogP contribution in [0.15, 0.2) is 211 Å². The number of aromatic nitrogens is 4. The number of benzene rings is 10. The van der Waals surface area contributed by atoms with Gasteiger partial charge in [0.05, 0.1) is 90.5 Å². The fourth-order valence-electron chi connectivity index (χ4n) is 11.7. The number of hydrogen-bond acceptors (Lipinski definition) is 2. The van der Waals surface area contributed by atoms with Gasteiger partial charge in [-0.15, -0.1) is 0 Å². The molecule has 0 bridgehead atoms. The zero-order chi connectivity index (χ0) is 45.5. The molecule has 0 amide bonds. The molecule has 318 valence electrons. The molecule has 5 aromatic heterocycles. The predicted molar refractivity (Wildman–Crippen MR) is 282 cm³/mol. The van der Waals surface area contributed by atoms with E-state index in [2.05, 4.69) is 217 Å². The summed E-state index contributed by atoms with van der Waals surface area (Å²) in [5, 5.41) is 22.5. The van der Waals surface area contributed by atoms with Crippen LogP contribution < -0.4 is 0 Å². The zero-order valence-electron chi connectivity index (χ0n) is 36.7. The number of nitriles is 1. The van der Waals surface area contributed by atoms with Crippen molar-refractivity contribution in [3.63, 3.8) is 0 Å². The lowest BCUT2D eigenvalue weighted by atomic mass is 10.0. The normalized spacial score (nSPS) is 12.0. The molecule has 0 unspecified atom stereocenters. The van der Waals surface area contributed by atoms with Crippen molar-refractivity contribution in [2.75, 3.05) is 0 Å². The van der Waals surface area contributed by atoms with Crippen molar-refractivity contribution in [1.29, 1.82) is 5.26 Å². The molecule has 0 atom stereocenters. The number of rotatable bonds is 4. The molecule has 5 heterocycles. The van der Waals surface area contributed by atoms with E-state index in [1.807, 2.05) is 18.2 Å². The summed E-state index contributed by atoms with van der Waals surface area (Å²) in [5.41, 5.74) is 12.3. The molecule has 0 radical (unpaired) electrons. The first-order valence-electron chi connectivity index (χ1n) is 23.0. The Hall–Kier alpha value is -9.82. The second-order valence-corrected chi connectivity index (χ2v) is 17.7. The van der Waals surface area contributed by atoms with Gasteiger partial charge >= 0.3 is 0 Å². The number of hydrogen-bond donors (Lipinski definition) is 0. The summed E-state index contributed by atoms with van der Waals surface area (Å²) in [5.74, 6) is 0. The molecule has 15 aromatic rings. The number of nitrogens with zero attached hydrogens (tertiary/aromatic N) is 6. The molecule has 7 nitrogen and oxygen atoms in total. The molecule has 0 spiro atoms. The third-order valence-corrected chi connectivity index (χ3v) is 14.4. The molecule has 10 aromatic carbocycles. The predicted octanol–water partition coefficient (Wildman–Crippen LogP) is 16.4. The highest BCUT2D eigenvalue weighted by Crippen LogP contribution is 2.52. The number of furan rings is 1. The van der Waals surface area contributed by atoms with Crippen LogP contribution in [-0.2, 0) is 0 Å². The van der Waals surface area contributed by atoms with E-state index in [1.165, 1.54) is 0 Å². The van der Waals surface area contributed by atoms with Crippen molar-refractivity contribution in [2.24, 2.45) is 0 Å². The van der Waals surface area contributed by atoms with E-state index in [0.717, 1.165) is 121 Å². The molecule has 0 N–H and O–H groups in total. The topological polar surface area (TPSA) is 61.0 Å². The largest absolute Gasteiger partial charge is 0.455 e. The third kappa shape index (κ3) is 4.82. The quantitative estimate of drug-likeness (QED) is 0.165. The highest BCUT2D eigenvalue weighted by atomic mass is 16.3. The minimum Gasteiger partial charge on any atom is -0.455 e. The summed E-state index contributed by atoms with van der Waals surface area (Å²) in [7, 11) is 0. The van der Waals surface area contributed by atoms with Gasteiger partial charge in [0.15, 0.2) is 0 Å². The summed E-state index contributed by atoms with van der Waals surface area (Å²) < 4.78 is 16.0.